The molecule has 1 aliphatic heterocycles. The van der Waals surface area contributed by atoms with Gasteiger partial charge in [-0.05, 0) is 68.4 Å². The molecule has 0 saturated carbocycles. The maximum atomic E-state index is 13.1. The summed E-state index contributed by atoms with van der Waals surface area (Å²) in [5.41, 5.74) is 12.3. The molecular weight excluding hydrogens is 646 g/mol. The topological polar surface area (TPSA) is 159 Å². The van der Waals surface area contributed by atoms with Crippen LogP contribution >= 0.6 is 11.6 Å². The second-order valence-electron chi connectivity index (χ2n) is 12.4. The van der Waals surface area contributed by atoms with Crippen molar-refractivity contribution in [3.05, 3.63) is 90.8 Å². The standard InChI is InChI=1S/C31H29ClN6O3.C5H11NO2/c1-16-19(21-12-7-13-22(26(21)32)24-15-18-9-6-11-20(18)29(36-24)41-5)10-8-14-23(16)35-27-25-28(34-17(2)33-27)37(3)31(40)38(4)30(25)39;6-4-1-2-8-3-5(4)7/h7-8,10,12-15H,6,9,11H2,1-5H3,(H,33,34,35);4-5,7H,1-3,6H2. The van der Waals surface area contributed by atoms with Crippen LogP contribution in [-0.4, -0.2) is 61.7 Å². The van der Waals surface area contributed by atoms with E-state index < -0.39 is 17.4 Å². The summed E-state index contributed by atoms with van der Waals surface area (Å²) in [4.78, 5) is 39.4. The molecule has 2 aliphatic rings. The van der Waals surface area contributed by atoms with Crippen molar-refractivity contribution < 1.29 is 14.6 Å². The minimum absolute atomic E-state index is 0.0660. The van der Waals surface area contributed by atoms with Gasteiger partial charge in [-0.15, -0.1) is 0 Å². The van der Waals surface area contributed by atoms with E-state index in [0.717, 1.165) is 63.9 Å². The second-order valence-corrected chi connectivity index (χ2v) is 12.8. The van der Waals surface area contributed by atoms with Crippen LogP contribution in [0.15, 0.2) is 52.1 Å². The Kier molecular flexibility index (Phi) is 9.84. The fraction of sp³-hybridized carbons (Fsp3) is 0.361. The van der Waals surface area contributed by atoms with Gasteiger partial charge in [-0.3, -0.25) is 13.9 Å². The molecule has 49 heavy (non-hydrogen) atoms. The Hall–Kier alpha value is -4.62. The molecule has 12 nitrogen and oxygen atoms in total. The lowest BCUT2D eigenvalue weighted by atomic mass is 9.96. The first-order valence-electron chi connectivity index (χ1n) is 16.2. The molecule has 5 aromatic rings. The first-order valence-corrected chi connectivity index (χ1v) is 16.6. The lowest BCUT2D eigenvalue weighted by Gasteiger charge is -2.23. The number of pyridine rings is 1. The van der Waals surface area contributed by atoms with Gasteiger partial charge in [0.15, 0.2) is 5.65 Å². The fourth-order valence-electron chi connectivity index (χ4n) is 6.38. The molecule has 0 amide bonds. The van der Waals surface area contributed by atoms with Gasteiger partial charge in [0.25, 0.3) is 5.56 Å². The molecule has 0 radical (unpaired) electrons. The molecule has 4 N–H and O–H groups in total. The van der Waals surface area contributed by atoms with Crippen LogP contribution in [0.25, 0.3) is 33.4 Å². The smallest absolute Gasteiger partial charge is 0.332 e. The minimum Gasteiger partial charge on any atom is -0.481 e. The first kappa shape index (κ1) is 34.3. The Morgan fingerprint density at radius 3 is 2.47 bits per heavy atom. The number of nitrogens with one attached hydrogen (secondary N) is 1. The van der Waals surface area contributed by atoms with Crippen LogP contribution in [0.1, 0.15) is 35.4 Å². The Morgan fingerprint density at radius 2 is 1.76 bits per heavy atom. The number of nitrogens with two attached hydrogens (primary N) is 1. The summed E-state index contributed by atoms with van der Waals surface area (Å²) in [5, 5.41) is 13.1. The van der Waals surface area contributed by atoms with Gasteiger partial charge >= 0.3 is 5.69 Å². The number of rotatable bonds is 5. The zero-order valence-corrected chi connectivity index (χ0v) is 29.0. The molecule has 13 heteroatoms. The molecule has 7 rings (SSSR count). The van der Waals surface area contributed by atoms with Crippen molar-refractivity contribution >= 4 is 34.1 Å². The number of aromatic nitrogens is 5. The van der Waals surface area contributed by atoms with Crippen LogP contribution in [0.3, 0.4) is 0 Å². The zero-order valence-electron chi connectivity index (χ0n) is 28.2. The molecule has 256 valence electrons. The van der Waals surface area contributed by atoms with E-state index in [2.05, 4.69) is 21.4 Å². The number of aliphatic hydroxyl groups is 1. The van der Waals surface area contributed by atoms with Crippen LogP contribution < -0.4 is 27.0 Å². The highest BCUT2D eigenvalue weighted by Gasteiger charge is 2.22. The Bertz CT molecular complexity index is 2170. The van der Waals surface area contributed by atoms with Gasteiger partial charge in [-0.2, -0.15) is 0 Å². The Labute approximate surface area is 288 Å². The van der Waals surface area contributed by atoms with Gasteiger partial charge in [-0.25, -0.2) is 19.7 Å². The minimum atomic E-state index is -0.465. The summed E-state index contributed by atoms with van der Waals surface area (Å²) in [5.74, 6) is 1.43. The molecule has 1 fully saturated rings. The Balaban J connectivity index is 0.000000459. The van der Waals surface area contributed by atoms with E-state index in [-0.39, 0.29) is 17.1 Å². The van der Waals surface area contributed by atoms with E-state index in [1.54, 1.807) is 21.1 Å². The molecule has 4 heterocycles. The van der Waals surface area contributed by atoms with Crippen molar-refractivity contribution in [3.8, 4) is 28.3 Å². The summed E-state index contributed by atoms with van der Waals surface area (Å²) in [6, 6.07) is 13.8. The third-order valence-electron chi connectivity index (χ3n) is 9.19. The third kappa shape index (κ3) is 6.56. The molecular formula is C36H40ClN7O5. The number of anilines is 2. The molecule has 1 aliphatic carbocycles. The summed E-state index contributed by atoms with van der Waals surface area (Å²) in [6.45, 7) is 4.81. The van der Waals surface area contributed by atoms with Gasteiger partial charge in [-0.1, -0.05) is 41.9 Å². The van der Waals surface area contributed by atoms with E-state index in [1.807, 2.05) is 43.3 Å². The first-order chi connectivity index (χ1) is 23.5. The van der Waals surface area contributed by atoms with Crippen molar-refractivity contribution in [3.63, 3.8) is 0 Å². The zero-order chi connectivity index (χ0) is 35.0. The lowest BCUT2D eigenvalue weighted by molar-refractivity contribution is -0.0182. The van der Waals surface area contributed by atoms with Crippen molar-refractivity contribution in [2.45, 2.75) is 51.7 Å². The summed E-state index contributed by atoms with van der Waals surface area (Å²) in [6.07, 6.45) is 3.40. The highest BCUT2D eigenvalue weighted by atomic mass is 35.5. The largest absolute Gasteiger partial charge is 0.481 e. The quantitative estimate of drug-likeness (QED) is 0.243. The number of halogens is 1. The summed E-state index contributed by atoms with van der Waals surface area (Å²) in [7, 11) is 4.69. The number of nitrogens with zero attached hydrogens (tertiary/aromatic N) is 5. The van der Waals surface area contributed by atoms with Crippen LogP contribution in [0, 0.1) is 13.8 Å². The molecule has 2 atom stereocenters. The molecule has 2 aromatic carbocycles. The van der Waals surface area contributed by atoms with E-state index in [4.69, 9.17) is 36.9 Å². The number of aryl methyl sites for hydroxylation is 3. The summed E-state index contributed by atoms with van der Waals surface area (Å²) < 4.78 is 13.0. The number of fused-ring (bicyclic) bond motifs is 2. The van der Waals surface area contributed by atoms with Gasteiger partial charge < -0.3 is 25.6 Å². The van der Waals surface area contributed by atoms with E-state index in [1.165, 1.54) is 22.7 Å². The lowest BCUT2D eigenvalue weighted by Crippen LogP contribution is -2.42. The van der Waals surface area contributed by atoms with E-state index >= 15 is 0 Å². The number of aliphatic hydroxyl groups excluding tert-OH is 1. The molecule has 2 unspecified atom stereocenters. The Morgan fingerprint density at radius 1 is 1.02 bits per heavy atom. The van der Waals surface area contributed by atoms with Crippen LogP contribution in [0.5, 0.6) is 5.88 Å². The van der Waals surface area contributed by atoms with Crippen LogP contribution in [0.4, 0.5) is 11.5 Å². The molecule has 3 aromatic heterocycles. The van der Waals surface area contributed by atoms with Crippen molar-refractivity contribution in [2.24, 2.45) is 19.8 Å². The van der Waals surface area contributed by atoms with Gasteiger partial charge in [0, 0.05) is 49.1 Å². The van der Waals surface area contributed by atoms with Gasteiger partial charge in [0.05, 0.1) is 30.5 Å². The molecule has 0 bridgehead atoms. The highest BCUT2D eigenvalue weighted by molar-refractivity contribution is 6.36. The van der Waals surface area contributed by atoms with Gasteiger partial charge in [0.2, 0.25) is 5.88 Å². The monoisotopic (exact) mass is 685 g/mol. The number of methoxy groups -OCH3 is 1. The van der Waals surface area contributed by atoms with Crippen LogP contribution in [0.2, 0.25) is 5.02 Å². The predicted molar refractivity (Wildman–Crippen MR) is 191 cm³/mol. The average molecular weight is 686 g/mol. The van der Waals surface area contributed by atoms with Gasteiger partial charge in [0.1, 0.15) is 17.0 Å². The maximum Gasteiger partial charge on any atom is 0.332 e. The number of ether oxygens (including phenoxy) is 2. The van der Waals surface area contributed by atoms with Crippen molar-refractivity contribution in [1.29, 1.82) is 0 Å². The average Bonchev–Trinajstić information content (AvgIpc) is 3.58. The predicted octanol–water partition coefficient (Wildman–Crippen LogP) is 4.36. The number of hydrogen-bond acceptors (Lipinski definition) is 10. The summed E-state index contributed by atoms with van der Waals surface area (Å²) >= 11 is 7.08. The number of hydrogen-bond donors (Lipinski definition) is 3. The highest BCUT2D eigenvalue weighted by Crippen LogP contribution is 2.41. The third-order valence-corrected chi connectivity index (χ3v) is 9.59. The van der Waals surface area contributed by atoms with Crippen molar-refractivity contribution in [1.82, 2.24) is 24.1 Å². The van der Waals surface area contributed by atoms with E-state index in [9.17, 15) is 9.59 Å². The molecule has 1 saturated heterocycles. The number of benzene rings is 2. The van der Waals surface area contributed by atoms with Crippen molar-refractivity contribution in [2.75, 3.05) is 25.6 Å². The normalized spacial score (nSPS) is 17.0. The van der Waals surface area contributed by atoms with E-state index in [0.29, 0.717) is 35.8 Å². The SMILES string of the molecule is COc1nc(-c2cccc(-c3cccc(Nc4nc(C)nc5c4c(=O)n(C)c(=O)n5C)c3C)c2Cl)cc2c1CCC2.NC1CCOCC1O. The maximum absolute atomic E-state index is 13.1. The van der Waals surface area contributed by atoms with Crippen LogP contribution in [-0.2, 0) is 31.7 Å². The second kappa shape index (κ2) is 14.1. The molecule has 0 spiro atoms. The fourth-order valence-corrected chi connectivity index (χ4v) is 6.70.